The highest BCUT2D eigenvalue weighted by Gasteiger charge is 2.15. The Morgan fingerprint density at radius 1 is 1.24 bits per heavy atom. The molecule has 1 aromatic rings. The fourth-order valence-corrected chi connectivity index (χ4v) is 3.53. The summed E-state index contributed by atoms with van der Waals surface area (Å²) in [5, 5.41) is 3.27. The van der Waals surface area contributed by atoms with E-state index in [4.69, 9.17) is 0 Å². The van der Waals surface area contributed by atoms with Crippen LogP contribution in [-0.2, 0) is 10.8 Å². The zero-order valence-corrected chi connectivity index (χ0v) is 12.0. The molecule has 0 aliphatic carbocycles. The van der Waals surface area contributed by atoms with E-state index in [1.807, 2.05) is 19.2 Å². The molecule has 1 rings (SSSR count). The van der Waals surface area contributed by atoms with Crippen molar-refractivity contribution >= 4 is 10.8 Å². The molecular weight excluding hydrogens is 230 g/mol. The quantitative estimate of drug-likeness (QED) is 0.844. The Morgan fingerprint density at radius 3 is 2.41 bits per heavy atom. The molecule has 0 aliphatic heterocycles. The van der Waals surface area contributed by atoms with E-state index in [-0.39, 0.29) is 6.04 Å². The van der Waals surface area contributed by atoms with Crippen LogP contribution in [0, 0.1) is 12.8 Å². The van der Waals surface area contributed by atoms with Gasteiger partial charge in [-0.25, -0.2) is 0 Å². The summed E-state index contributed by atoms with van der Waals surface area (Å²) >= 11 is 0. The summed E-state index contributed by atoms with van der Waals surface area (Å²) in [6.45, 7) is 6.32. The van der Waals surface area contributed by atoms with Crippen molar-refractivity contribution in [3.63, 3.8) is 0 Å². The summed E-state index contributed by atoms with van der Waals surface area (Å²) in [7, 11) is 1.18. The van der Waals surface area contributed by atoms with Crippen LogP contribution in [0.5, 0.6) is 0 Å². The van der Waals surface area contributed by atoms with Gasteiger partial charge in [-0.3, -0.25) is 4.21 Å². The van der Waals surface area contributed by atoms with Crippen LogP contribution in [0.15, 0.2) is 24.3 Å². The third kappa shape index (κ3) is 4.60. The topological polar surface area (TPSA) is 29.1 Å². The lowest BCUT2D eigenvalue weighted by molar-refractivity contribution is 0.625. The van der Waals surface area contributed by atoms with Gasteiger partial charge in [0.2, 0.25) is 0 Å². The second-order valence-corrected chi connectivity index (χ2v) is 6.41. The van der Waals surface area contributed by atoms with E-state index in [2.05, 4.69) is 38.2 Å². The van der Waals surface area contributed by atoms with Gasteiger partial charge in [0.25, 0.3) is 0 Å². The first kappa shape index (κ1) is 14.4. The minimum atomic E-state index is -0.751. The lowest BCUT2D eigenvalue weighted by atomic mass is 10.0. The second-order valence-electron chi connectivity index (χ2n) is 4.86. The molecule has 3 heteroatoms. The van der Waals surface area contributed by atoms with Gasteiger partial charge >= 0.3 is 0 Å². The van der Waals surface area contributed by atoms with Gasteiger partial charge in [-0.15, -0.1) is 0 Å². The molecule has 2 nitrogen and oxygen atoms in total. The number of hydrogen-bond donors (Lipinski definition) is 1. The molecule has 0 saturated heterocycles. The highest BCUT2D eigenvalue weighted by molar-refractivity contribution is 7.85. The summed E-state index contributed by atoms with van der Waals surface area (Å²) in [5.41, 5.74) is 2.51. The van der Waals surface area contributed by atoms with Gasteiger partial charge in [0.05, 0.1) is 0 Å². The van der Waals surface area contributed by atoms with E-state index in [0.29, 0.717) is 11.7 Å². The van der Waals surface area contributed by atoms with Gasteiger partial charge in [0.1, 0.15) is 0 Å². The van der Waals surface area contributed by atoms with Crippen molar-refractivity contribution in [2.24, 2.45) is 5.92 Å². The normalized spacial score (nSPS) is 14.9. The molecule has 0 heterocycles. The van der Waals surface area contributed by atoms with E-state index >= 15 is 0 Å². The van der Waals surface area contributed by atoms with Crippen molar-refractivity contribution in [1.82, 2.24) is 5.32 Å². The van der Waals surface area contributed by atoms with E-state index in [0.717, 1.165) is 5.75 Å². The third-order valence-electron chi connectivity index (χ3n) is 2.78. The first-order chi connectivity index (χ1) is 8.04. The highest BCUT2D eigenvalue weighted by Crippen LogP contribution is 2.18. The van der Waals surface area contributed by atoms with Gasteiger partial charge in [-0.05, 0) is 31.0 Å². The summed E-state index contributed by atoms with van der Waals surface area (Å²) in [6.07, 6.45) is 0. The van der Waals surface area contributed by atoms with Crippen molar-refractivity contribution in [3.05, 3.63) is 35.4 Å². The largest absolute Gasteiger partial charge is 0.312 e. The van der Waals surface area contributed by atoms with E-state index in [1.54, 1.807) is 0 Å². The molecule has 17 heavy (non-hydrogen) atoms. The second kappa shape index (κ2) is 6.92. The Hall–Kier alpha value is -0.670. The number of benzene rings is 1. The van der Waals surface area contributed by atoms with Gasteiger partial charge in [0, 0.05) is 28.3 Å². The highest BCUT2D eigenvalue weighted by atomic mass is 32.2. The minimum Gasteiger partial charge on any atom is -0.312 e. The fraction of sp³-hybridized carbons (Fsp3) is 0.571. The molecule has 1 aromatic carbocycles. The summed E-state index contributed by atoms with van der Waals surface area (Å²) < 4.78 is 12.0. The summed E-state index contributed by atoms with van der Waals surface area (Å²) in [4.78, 5) is 0. The van der Waals surface area contributed by atoms with Crippen LogP contribution in [0.4, 0.5) is 0 Å². The number of nitrogens with one attached hydrogen (secondary N) is 1. The number of rotatable bonds is 6. The smallest absolute Gasteiger partial charge is 0.0437 e. The molecule has 0 saturated carbocycles. The maximum atomic E-state index is 12.0. The van der Waals surface area contributed by atoms with Gasteiger partial charge < -0.3 is 5.32 Å². The average molecular weight is 253 g/mol. The molecule has 0 amide bonds. The molecule has 0 aromatic heterocycles. The van der Waals surface area contributed by atoms with Crippen LogP contribution in [0.2, 0.25) is 0 Å². The third-order valence-corrected chi connectivity index (χ3v) is 4.53. The van der Waals surface area contributed by atoms with Crippen molar-refractivity contribution in [1.29, 1.82) is 0 Å². The van der Waals surface area contributed by atoms with Crippen LogP contribution >= 0.6 is 0 Å². The van der Waals surface area contributed by atoms with E-state index in [9.17, 15) is 4.21 Å². The van der Waals surface area contributed by atoms with Gasteiger partial charge in [-0.2, -0.15) is 0 Å². The molecular formula is C14H23NOS. The van der Waals surface area contributed by atoms with Crippen molar-refractivity contribution in [2.45, 2.75) is 26.8 Å². The monoisotopic (exact) mass is 253 g/mol. The SMILES string of the molecule is CNC(CS(=O)CC(C)C)c1ccccc1C. The van der Waals surface area contributed by atoms with E-state index < -0.39 is 10.8 Å². The van der Waals surface area contributed by atoms with Crippen LogP contribution in [0.1, 0.15) is 31.0 Å². The van der Waals surface area contributed by atoms with Crippen LogP contribution < -0.4 is 5.32 Å². The standard InChI is InChI=1S/C14H23NOS/c1-11(2)9-17(16)10-14(15-4)13-8-6-5-7-12(13)3/h5-8,11,14-15H,9-10H2,1-4H3. The lowest BCUT2D eigenvalue weighted by Gasteiger charge is -2.19. The number of aryl methyl sites for hydroxylation is 1. The minimum absolute atomic E-state index is 0.191. The van der Waals surface area contributed by atoms with Crippen molar-refractivity contribution in [3.8, 4) is 0 Å². The lowest BCUT2D eigenvalue weighted by Crippen LogP contribution is -2.25. The zero-order valence-electron chi connectivity index (χ0n) is 11.2. The van der Waals surface area contributed by atoms with Crippen molar-refractivity contribution < 1.29 is 4.21 Å². The Morgan fingerprint density at radius 2 is 1.88 bits per heavy atom. The Balaban J connectivity index is 2.73. The zero-order chi connectivity index (χ0) is 12.8. The van der Waals surface area contributed by atoms with Crippen LogP contribution in [-0.4, -0.2) is 22.8 Å². The Labute approximate surface area is 107 Å². The van der Waals surface area contributed by atoms with Crippen LogP contribution in [0.25, 0.3) is 0 Å². The maximum Gasteiger partial charge on any atom is 0.0437 e. The number of hydrogen-bond acceptors (Lipinski definition) is 2. The average Bonchev–Trinajstić information content (AvgIpc) is 2.26. The molecule has 2 unspecified atom stereocenters. The molecule has 0 radical (unpaired) electrons. The molecule has 0 fully saturated rings. The first-order valence-electron chi connectivity index (χ1n) is 6.12. The molecule has 96 valence electrons. The Kier molecular flexibility index (Phi) is 5.86. The molecule has 0 spiro atoms. The molecule has 2 atom stereocenters. The Bertz CT molecular complexity index is 376. The van der Waals surface area contributed by atoms with Crippen molar-refractivity contribution in [2.75, 3.05) is 18.6 Å². The molecule has 0 bridgehead atoms. The molecule has 1 N–H and O–H groups in total. The molecule has 0 aliphatic rings. The summed E-state index contributed by atoms with van der Waals surface area (Å²) in [5.74, 6) is 1.97. The van der Waals surface area contributed by atoms with Gasteiger partial charge in [-0.1, -0.05) is 38.1 Å². The predicted octanol–water partition coefficient (Wildman–Crippen LogP) is 2.66. The summed E-state index contributed by atoms with van der Waals surface area (Å²) in [6, 6.07) is 8.48. The van der Waals surface area contributed by atoms with Crippen LogP contribution in [0.3, 0.4) is 0 Å². The van der Waals surface area contributed by atoms with E-state index in [1.165, 1.54) is 11.1 Å². The fourth-order valence-electron chi connectivity index (χ4n) is 1.93. The first-order valence-corrected chi connectivity index (χ1v) is 7.61. The van der Waals surface area contributed by atoms with Gasteiger partial charge in [0.15, 0.2) is 0 Å². The maximum absolute atomic E-state index is 12.0. The predicted molar refractivity (Wildman–Crippen MR) is 75.7 cm³/mol.